The number of hydrogen-bond acceptors (Lipinski definition) is 4. The van der Waals surface area contributed by atoms with E-state index < -0.39 is 6.04 Å². The van der Waals surface area contributed by atoms with E-state index in [0.29, 0.717) is 6.42 Å². The highest BCUT2D eigenvalue weighted by molar-refractivity contribution is 7.11. The van der Waals surface area contributed by atoms with Gasteiger partial charge in [-0.05, 0) is 20.3 Å². The largest absolute Gasteiger partial charge is 0.346 e. The SMILES string of the molecule is CC[C@H](N)C(=O)NC(C)c1ncc(C)s1. The van der Waals surface area contributed by atoms with Crippen LogP contribution in [0, 0.1) is 6.92 Å². The van der Waals surface area contributed by atoms with Gasteiger partial charge in [-0.3, -0.25) is 4.79 Å². The van der Waals surface area contributed by atoms with Crippen LogP contribution in [0.1, 0.15) is 36.2 Å². The summed E-state index contributed by atoms with van der Waals surface area (Å²) < 4.78 is 0. The number of carbonyl (C=O) groups is 1. The molecule has 0 saturated heterocycles. The molecule has 84 valence electrons. The normalized spacial score (nSPS) is 14.7. The summed E-state index contributed by atoms with van der Waals surface area (Å²) in [5.41, 5.74) is 5.62. The second-order valence-corrected chi connectivity index (χ2v) is 4.82. The first-order chi connectivity index (χ1) is 7.04. The molecule has 1 unspecified atom stereocenters. The molecule has 0 aliphatic rings. The molecular weight excluding hydrogens is 210 g/mol. The van der Waals surface area contributed by atoms with E-state index in [1.165, 1.54) is 0 Å². The van der Waals surface area contributed by atoms with Gasteiger partial charge in [0, 0.05) is 11.1 Å². The van der Waals surface area contributed by atoms with Crippen LogP contribution in [0.4, 0.5) is 0 Å². The van der Waals surface area contributed by atoms with Crippen molar-refractivity contribution in [3.63, 3.8) is 0 Å². The van der Waals surface area contributed by atoms with Gasteiger partial charge in [-0.1, -0.05) is 6.92 Å². The lowest BCUT2D eigenvalue weighted by Gasteiger charge is -2.14. The van der Waals surface area contributed by atoms with Crippen LogP contribution in [0.2, 0.25) is 0 Å². The monoisotopic (exact) mass is 227 g/mol. The lowest BCUT2D eigenvalue weighted by atomic mass is 10.2. The van der Waals surface area contributed by atoms with Crippen LogP contribution in [0.3, 0.4) is 0 Å². The van der Waals surface area contributed by atoms with Crippen molar-refractivity contribution in [2.75, 3.05) is 0 Å². The highest BCUT2D eigenvalue weighted by atomic mass is 32.1. The first-order valence-electron chi connectivity index (χ1n) is 5.02. The second-order valence-electron chi connectivity index (χ2n) is 3.55. The number of thiazole rings is 1. The lowest BCUT2D eigenvalue weighted by molar-refractivity contribution is -0.123. The topological polar surface area (TPSA) is 68.0 Å². The maximum Gasteiger partial charge on any atom is 0.237 e. The van der Waals surface area contributed by atoms with E-state index in [1.807, 2.05) is 27.0 Å². The van der Waals surface area contributed by atoms with Crippen LogP contribution in [-0.4, -0.2) is 16.9 Å². The van der Waals surface area contributed by atoms with Gasteiger partial charge in [0.25, 0.3) is 0 Å². The second kappa shape index (κ2) is 5.23. The van der Waals surface area contributed by atoms with Crippen LogP contribution in [-0.2, 0) is 4.79 Å². The van der Waals surface area contributed by atoms with Gasteiger partial charge in [0.1, 0.15) is 5.01 Å². The molecule has 0 aliphatic carbocycles. The van der Waals surface area contributed by atoms with Crippen LogP contribution in [0.25, 0.3) is 0 Å². The minimum Gasteiger partial charge on any atom is -0.346 e. The van der Waals surface area contributed by atoms with Gasteiger partial charge < -0.3 is 11.1 Å². The summed E-state index contributed by atoms with van der Waals surface area (Å²) in [7, 11) is 0. The number of hydrogen-bond donors (Lipinski definition) is 2. The fraction of sp³-hybridized carbons (Fsp3) is 0.600. The molecule has 1 aromatic rings. The van der Waals surface area contributed by atoms with Crippen LogP contribution >= 0.6 is 11.3 Å². The van der Waals surface area contributed by atoms with Gasteiger partial charge in [0.2, 0.25) is 5.91 Å². The molecular formula is C10H17N3OS. The molecule has 3 N–H and O–H groups in total. The molecule has 0 radical (unpaired) electrons. The maximum atomic E-state index is 11.5. The molecule has 1 heterocycles. The summed E-state index contributed by atoms with van der Waals surface area (Å²) in [4.78, 5) is 16.9. The van der Waals surface area contributed by atoms with Gasteiger partial charge >= 0.3 is 0 Å². The van der Waals surface area contributed by atoms with E-state index in [-0.39, 0.29) is 11.9 Å². The molecule has 1 rings (SSSR count). The Morgan fingerprint density at radius 2 is 2.40 bits per heavy atom. The predicted octanol–water partition coefficient (Wildman–Crippen LogP) is 1.37. The molecule has 0 aromatic carbocycles. The zero-order valence-electron chi connectivity index (χ0n) is 9.28. The summed E-state index contributed by atoms with van der Waals surface area (Å²) in [5.74, 6) is -0.113. The van der Waals surface area contributed by atoms with Crippen molar-refractivity contribution in [3.05, 3.63) is 16.1 Å². The molecule has 0 aliphatic heterocycles. The van der Waals surface area contributed by atoms with Gasteiger partial charge in [-0.25, -0.2) is 4.98 Å². The number of aryl methyl sites for hydroxylation is 1. The van der Waals surface area contributed by atoms with E-state index in [0.717, 1.165) is 9.88 Å². The fourth-order valence-corrected chi connectivity index (χ4v) is 1.92. The zero-order chi connectivity index (χ0) is 11.4. The Balaban J connectivity index is 2.56. The first-order valence-corrected chi connectivity index (χ1v) is 5.84. The molecule has 1 amide bonds. The first kappa shape index (κ1) is 12.1. The summed E-state index contributed by atoms with van der Waals surface area (Å²) >= 11 is 1.59. The quantitative estimate of drug-likeness (QED) is 0.816. The Morgan fingerprint density at radius 1 is 1.73 bits per heavy atom. The van der Waals surface area contributed by atoms with E-state index in [1.54, 1.807) is 11.3 Å². The number of carbonyl (C=O) groups excluding carboxylic acids is 1. The van der Waals surface area contributed by atoms with E-state index in [2.05, 4.69) is 10.3 Å². The summed E-state index contributed by atoms with van der Waals surface area (Å²) in [5, 5.41) is 3.76. The zero-order valence-corrected chi connectivity index (χ0v) is 10.1. The maximum absolute atomic E-state index is 11.5. The molecule has 0 saturated carbocycles. The van der Waals surface area contributed by atoms with Gasteiger partial charge in [-0.15, -0.1) is 11.3 Å². The van der Waals surface area contributed by atoms with Crippen molar-refractivity contribution in [1.29, 1.82) is 0 Å². The highest BCUT2D eigenvalue weighted by Crippen LogP contribution is 2.18. The number of nitrogens with two attached hydrogens (primary N) is 1. The van der Waals surface area contributed by atoms with Crippen molar-refractivity contribution in [2.45, 2.75) is 39.3 Å². The van der Waals surface area contributed by atoms with Crippen LogP contribution < -0.4 is 11.1 Å². The number of nitrogens with zero attached hydrogens (tertiary/aromatic N) is 1. The third-order valence-electron chi connectivity index (χ3n) is 2.14. The Morgan fingerprint density at radius 3 is 2.87 bits per heavy atom. The Kier molecular flexibility index (Phi) is 4.23. The van der Waals surface area contributed by atoms with Crippen molar-refractivity contribution >= 4 is 17.2 Å². The minimum absolute atomic E-state index is 0.0613. The van der Waals surface area contributed by atoms with Crippen LogP contribution in [0.15, 0.2) is 6.20 Å². The van der Waals surface area contributed by atoms with Crippen molar-refractivity contribution in [3.8, 4) is 0 Å². The summed E-state index contributed by atoms with van der Waals surface area (Å²) in [6, 6.07) is -0.484. The minimum atomic E-state index is -0.423. The van der Waals surface area contributed by atoms with E-state index in [4.69, 9.17) is 5.73 Å². The molecule has 1 aromatic heterocycles. The smallest absolute Gasteiger partial charge is 0.237 e. The number of aromatic nitrogens is 1. The standard InChI is InChI=1S/C10H17N3OS/c1-4-8(11)9(14)13-7(3)10-12-5-6(2)15-10/h5,7-8H,4,11H2,1-3H3,(H,13,14)/t7?,8-/m0/s1. The predicted molar refractivity (Wildman–Crippen MR) is 61.7 cm³/mol. The van der Waals surface area contributed by atoms with Crippen molar-refractivity contribution < 1.29 is 4.79 Å². The molecule has 4 nitrogen and oxygen atoms in total. The van der Waals surface area contributed by atoms with Crippen molar-refractivity contribution in [1.82, 2.24) is 10.3 Å². The van der Waals surface area contributed by atoms with Crippen LogP contribution in [0.5, 0.6) is 0 Å². The van der Waals surface area contributed by atoms with Gasteiger partial charge in [0.05, 0.1) is 12.1 Å². The third kappa shape index (κ3) is 3.28. The lowest BCUT2D eigenvalue weighted by Crippen LogP contribution is -2.41. The molecule has 0 fully saturated rings. The third-order valence-corrected chi connectivity index (χ3v) is 3.24. The van der Waals surface area contributed by atoms with E-state index >= 15 is 0 Å². The van der Waals surface area contributed by atoms with Crippen molar-refractivity contribution in [2.24, 2.45) is 5.73 Å². The number of amides is 1. The number of nitrogens with one attached hydrogen (secondary N) is 1. The molecule has 0 spiro atoms. The average molecular weight is 227 g/mol. The molecule has 5 heteroatoms. The van der Waals surface area contributed by atoms with E-state index in [9.17, 15) is 4.79 Å². The Hall–Kier alpha value is -0.940. The van der Waals surface area contributed by atoms with Gasteiger partial charge in [0.15, 0.2) is 0 Å². The fourth-order valence-electron chi connectivity index (χ4n) is 1.14. The number of rotatable bonds is 4. The Labute approximate surface area is 93.9 Å². The highest BCUT2D eigenvalue weighted by Gasteiger charge is 2.16. The molecule has 2 atom stereocenters. The Bertz CT molecular complexity index is 337. The molecule has 15 heavy (non-hydrogen) atoms. The molecule has 0 bridgehead atoms. The summed E-state index contributed by atoms with van der Waals surface area (Å²) in [6.45, 7) is 5.80. The average Bonchev–Trinajstić information content (AvgIpc) is 2.63. The summed E-state index contributed by atoms with van der Waals surface area (Å²) in [6.07, 6.45) is 2.46. The van der Waals surface area contributed by atoms with Gasteiger partial charge in [-0.2, -0.15) is 0 Å².